The summed E-state index contributed by atoms with van der Waals surface area (Å²) in [4.78, 5) is 36.5. The molecule has 0 atom stereocenters. The fourth-order valence-electron chi connectivity index (χ4n) is 4.78. The first-order valence-electron chi connectivity index (χ1n) is 11.4. The summed E-state index contributed by atoms with van der Waals surface area (Å²) in [6.45, 7) is 6.28. The molecule has 1 aliphatic rings. The molecule has 9 nitrogen and oxygen atoms in total. The molecule has 4 aromatic rings. The zero-order valence-electron chi connectivity index (χ0n) is 19.8. The van der Waals surface area contributed by atoms with Crippen molar-refractivity contribution in [2.45, 2.75) is 13.3 Å². The largest absolute Gasteiger partial charge is 0.497 e. The van der Waals surface area contributed by atoms with Crippen molar-refractivity contribution in [1.29, 1.82) is 0 Å². The normalized spacial score (nSPS) is 14.3. The van der Waals surface area contributed by atoms with Crippen molar-refractivity contribution in [2.75, 3.05) is 44.7 Å². The molecule has 3 heterocycles. The molecule has 5 rings (SSSR count). The molecule has 0 radical (unpaired) electrons. The average Bonchev–Trinajstić information content (AvgIpc) is 3.28. The van der Waals surface area contributed by atoms with E-state index < -0.39 is 5.91 Å². The number of nitrogens with zero attached hydrogens (tertiary/aromatic N) is 4. The van der Waals surface area contributed by atoms with Crippen LogP contribution in [0.25, 0.3) is 16.4 Å². The molecule has 3 N–H and O–H groups in total. The molecule has 0 spiro atoms. The summed E-state index contributed by atoms with van der Waals surface area (Å²) in [7, 11) is 1.69. The Kier molecular flexibility index (Phi) is 7.00. The number of hydrogen-bond acceptors (Lipinski definition) is 6. The van der Waals surface area contributed by atoms with Crippen LogP contribution in [0.2, 0.25) is 0 Å². The van der Waals surface area contributed by atoms with Gasteiger partial charge in [0, 0.05) is 55.1 Å². The van der Waals surface area contributed by atoms with Crippen molar-refractivity contribution in [2.24, 2.45) is 5.73 Å². The number of nitrogens with two attached hydrogens (primary N) is 1. The van der Waals surface area contributed by atoms with E-state index in [-0.39, 0.29) is 23.7 Å². The molecule has 0 bridgehead atoms. The summed E-state index contributed by atoms with van der Waals surface area (Å²) in [5.74, 6) is 0.199. The van der Waals surface area contributed by atoms with Gasteiger partial charge in [-0.1, -0.05) is 18.2 Å². The van der Waals surface area contributed by atoms with Gasteiger partial charge in [0.25, 0.3) is 11.5 Å². The third-order valence-corrected chi connectivity index (χ3v) is 6.69. The third-order valence-electron chi connectivity index (χ3n) is 6.69. The van der Waals surface area contributed by atoms with Gasteiger partial charge in [0.2, 0.25) is 0 Å². The molecular formula is C25H29ClN6O3. The molecule has 2 aromatic carbocycles. The first kappa shape index (κ1) is 24.6. The number of carbonyl (C=O) groups excluding carboxylic acids is 1. The van der Waals surface area contributed by atoms with E-state index in [0.29, 0.717) is 17.6 Å². The summed E-state index contributed by atoms with van der Waals surface area (Å²) >= 11 is 0. The highest BCUT2D eigenvalue weighted by molar-refractivity contribution is 5.97. The van der Waals surface area contributed by atoms with Crippen LogP contribution in [0.1, 0.15) is 21.7 Å². The number of anilines is 1. The van der Waals surface area contributed by atoms with Crippen LogP contribution in [-0.4, -0.2) is 65.0 Å². The predicted octanol–water partition coefficient (Wildman–Crippen LogP) is 2.38. The molecule has 1 aliphatic heterocycles. The van der Waals surface area contributed by atoms with Gasteiger partial charge < -0.3 is 20.4 Å². The molecule has 1 fully saturated rings. The van der Waals surface area contributed by atoms with Gasteiger partial charge in [0.05, 0.1) is 7.11 Å². The number of rotatable bonds is 6. The maximum Gasteiger partial charge on any atom is 0.271 e. The van der Waals surface area contributed by atoms with Crippen molar-refractivity contribution < 1.29 is 9.53 Å². The molecule has 1 saturated heterocycles. The van der Waals surface area contributed by atoms with Crippen molar-refractivity contribution in [3.63, 3.8) is 0 Å². The standard InChI is InChI=1S/C25H28N6O3.ClH/c1-16-19(25(33)31-15-27-22(23(26)32)24(31)28-16)8-9-29-10-12-30(13-11-29)21-5-3-4-17-6-7-18(34-2)14-20(17)21;/h3-7,14-15,28H,8-13H2,1-2H3,(H2,26,32);1H. The number of ether oxygens (including phenoxy) is 1. The van der Waals surface area contributed by atoms with E-state index in [9.17, 15) is 9.59 Å². The quantitative estimate of drug-likeness (QED) is 0.424. The topological polar surface area (TPSA) is 109 Å². The van der Waals surface area contributed by atoms with E-state index in [1.165, 1.54) is 27.2 Å². The van der Waals surface area contributed by atoms with Crippen molar-refractivity contribution >= 4 is 40.4 Å². The predicted molar refractivity (Wildman–Crippen MR) is 139 cm³/mol. The number of hydrogen-bond donors (Lipinski definition) is 2. The summed E-state index contributed by atoms with van der Waals surface area (Å²) in [5.41, 5.74) is 8.29. The number of fused-ring (bicyclic) bond motifs is 2. The maximum absolute atomic E-state index is 13.0. The number of halogens is 1. The number of H-pyrrole nitrogens is 1. The Morgan fingerprint density at radius 3 is 2.66 bits per heavy atom. The second-order valence-electron chi connectivity index (χ2n) is 8.65. The van der Waals surface area contributed by atoms with Crippen LogP contribution >= 0.6 is 12.4 Å². The van der Waals surface area contributed by atoms with Gasteiger partial charge in [-0.15, -0.1) is 12.4 Å². The fraction of sp³-hybridized carbons (Fsp3) is 0.320. The Labute approximate surface area is 208 Å². The number of aromatic amines is 1. The van der Waals surface area contributed by atoms with Gasteiger partial charge in [0.15, 0.2) is 11.3 Å². The summed E-state index contributed by atoms with van der Waals surface area (Å²) < 4.78 is 6.80. The summed E-state index contributed by atoms with van der Waals surface area (Å²) in [6, 6.07) is 12.6. The van der Waals surface area contributed by atoms with Gasteiger partial charge in [-0.3, -0.25) is 18.9 Å². The van der Waals surface area contributed by atoms with Crippen LogP contribution in [0.4, 0.5) is 5.69 Å². The Balaban J connectivity index is 0.00000289. The maximum atomic E-state index is 13.0. The molecule has 10 heteroatoms. The number of methoxy groups -OCH3 is 1. The van der Waals surface area contributed by atoms with Crippen LogP contribution in [0.5, 0.6) is 5.75 Å². The van der Waals surface area contributed by atoms with E-state index in [2.05, 4.69) is 50.1 Å². The lowest BCUT2D eigenvalue weighted by atomic mass is 10.1. The first-order chi connectivity index (χ1) is 16.5. The highest BCUT2D eigenvalue weighted by atomic mass is 35.5. The lowest BCUT2D eigenvalue weighted by Crippen LogP contribution is -2.47. The minimum Gasteiger partial charge on any atom is -0.497 e. The van der Waals surface area contributed by atoms with E-state index in [1.807, 2.05) is 13.0 Å². The van der Waals surface area contributed by atoms with E-state index in [0.717, 1.165) is 44.2 Å². The van der Waals surface area contributed by atoms with Crippen LogP contribution in [0, 0.1) is 6.92 Å². The number of piperazine rings is 1. The van der Waals surface area contributed by atoms with Gasteiger partial charge >= 0.3 is 0 Å². The Hall–Kier alpha value is -3.56. The van der Waals surface area contributed by atoms with Crippen molar-refractivity contribution in [1.82, 2.24) is 19.3 Å². The first-order valence-corrected chi connectivity index (χ1v) is 11.4. The lowest BCUT2D eigenvalue weighted by Gasteiger charge is -2.36. The number of imidazole rings is 1. The molecule has 35 heavy (non-hydrogen) atoms. The molecule has 2 aromatic heterocycles. The zero-order valence-corrected chi connectivity index (χ0v) is 20.6. The van der Waals surface area contributed by atoms with E-state index >= 15 is 0 Å². The van der Waals surface area contributed by atoms with Crippen LogP contribution < -0.4 is 20.9 Å². The average molecular weight is 497 g/mol. The molecule has 0 aliphatic carbocycles. The molecule has 0 saturated carbocycles. The second kappa shape index (κ2) is 9.97. The van der Waals surface area contributed by atoms with Crippen LogP contribution in [0.3, 0.4) is 0 Å². The third kappa shape index (κ3) is 4.56. The Morgan fingerprint density at radius 2 is 1.94 bits per heavy atom. The number of benzene rings is 2. The number of nitrogens with one attached hydrogen (secondary N) is 1. The minimum atomic E-state index is -0.659. The number of aromatic nitrogens is 3. The van der Waals surface area contributed by atoms with Gasteiger partial charge in [-0.2, -0.15) is 0 Å². The number of amides is 1. The number of carbonyl (C=O) groups is 1. The second-order valence-corrected chi connectivity index (χ2v) is 8.65. The van der Waals surface area contributed by atoms with Gasteiger partial charge in [-0.05, 0) is 36.9 Å². The molecule has 184 valence electrons. The van der Waals surface area contributed by atoms with E-state index in [1.54, 1.807) is 7.11 Å². The Bertz CT molecular complexity index is 1440. The number of primary amides is 1. The van der Waals surface area contributed by atoms with Crippen molar-refractivity contribution in [3.8, 4) is 5.75 Å². The summed E-state index contributed by atoms with van der Waals surface area (Å²) in [5, 5.41) is 2.39. The van der Waals surface area contributed by atoms with Crippen LogP contribution in [-0.2, 0) is 6.42 Å². The molecule has 0 unspecified atom stereocenters. The molecular weight excluding hydrogens is 468 g/mol. The van der Waals surface area contributed by atoms with Crippen LogP contribution in [0.15, 0.2) is 47.5 Å². The van der Waals surface area contributed by atoms with E-state index in [4.69, 9.17) is 10.5 Å². The summed E-state index contributed by atoms with van der Waals surface area (Å²) in [6.07, 6.45) is 1.97. The molecule has 1 amide bonds. The highest BCUT2D eigenvalue weighted by Crippen LogP contribution is 2.30. The van der Waals surface area contributed by atoms with Gasteiger partial charge in [-0.25, -0.2) is 4.98 Å². The lowest BCUT2D eigenvalue weighted by molar-refractivity contribution is 0.0997. The minimum absolute atomic E-state index is 0. The monoisotopic (exact) mass is 496 g/mol. The zero-order chi connectivity index (χ0) is 23.8. The van der Waals surface area contributed by atoms with Crippen molar-refractivity contribution in [3.05, 3.63) is 70.0 Å². The Morgan fingerprint density at radius 1 is 1.17 bits per heavy atom. The number of aryl methyl sites for hydroxylation is 1. The SMILES string of the molecule is COc1ccc2cccc(N3CCN(CCc4c(C)[nH]c5c(C(N)=O)ncn5c4=O)CC3)c2c1.Cl. The fourth-order valence-corrected chi connectivity index (χ4v) is 4.78. The van der Waals surface area contributed by atoms with Gasteiger partial charge in [0.1, 0.15) is 12.1 Å². The smallest absolute Gasteiger partial charge is 0.271 e. The highest BCUT2D eigenvalue weighted by Gasteiger charge is 2.21.